The molecular formula is C22H21N5O3. The molecule has 1 aromatic heterocycles. The Kier molecular flexibility index (Phi) is 5.05. The zero-order valence-corrected chi connectivity index (χ0v) is 16.6. The Labute approximate surface area is 173 Å². The molecule has 0 bridgehead atoms. The number of nitrogens with one attached hydrogen (secondary N) is 3. The fraction of sp³-hybridized carbons (Fsp3) is 0.182. The maximum absolute atomic E-state index is 12.5. The van der Waals surface area contributed by atoms with Crippen LogP contribution in [-0.4, -0.2) is 33.5 Å². The molecule has 30 heavy (non-hydrogen) atoms. The lowest BCUT2D eigenvalue weighted by atomic mass is 10.1. The van der Waals surface area contributed by atoms with Crippen LogP contribution in [0.4, 0.5) is 11.4 Å². The number of fused-ring (bicyclic) bond motifs is 1. The lowest BCUT2D eigenvalue weighted by molar-refractivity contribution is -0.122. The van der Waals surface area contributed by atoms with Gasteiger partial charge in [0.25, 0.3) is 5.91 Å². The summed E-state index contributed by atoms with van der Waals surface area (Å²) in [4.78, 5) is 37.3. The molecule has 2 heterocycles. The summed E-state index contributed by atoms with van der Waals surface area (Å²) in [6.45, 7) is 3.90. The molecule has 1 aliphatic rings. The van der Waals surface area contributed by atoms with Gasteiger partial charge in [-0.2, -0.15) is 5.10 Å². The predicted octanol–water partition coefficient (Wildman–Crippen LogP) is 2.57. The van der Waals surface area contributed by atoms with Gasteiger partial charge in [0, 0.05) is 11.4 Å². The van der Waals surface area contributed by atoms with E-state index >= 15 is 0 Å². The van der Waals surface area contributed by atoms with E-state index in [2.05, 4.69) is 21.0 Å². The van der Waals surface area contributed by atoms with Gasteiger partial charge in [-0.05, 0) is 56.3 Å². The van der Waals surface area contributed by atoms with Gasteiger partial charge in [-0.3, -0.25) is 14.4 Å². The molecule has 0 radical (unpaired) electrons. The lowest BCUT2D eigenvalue weighted by Gasteiger charge is -2.14. The van der Waals surface area contributed by atoms with Crippen LogP contribution in [0, 0.1) is 13.8 Å². The van der Waals surface area contributed by atoms with Crippen LogP contribution >= 0.6 is 0 Å². The first-order valence-electron chi connectivity index (χ1n) is 9.55. The number of benzene rings is 2. The number of carbonyl (C=O) groups is 3. The first-order valence-corrected chi connectivity index (χ1v) is 9.55. The number of amides is 3. The van der Waals surface area contributed by atoms with Gasteiger partial charge in [-0.25, -0.2) is 4.68 Å². The fourth-order valence-corrected chi connectivity index (χ4v) is 3.43. The molecule has 152 valence electrons. The van der Waals surface area contributed by atoms with Gasteiger partial charge < -0.3 is 16.0 Å². The van der Waals surface area contributed by atoms with E-state index < -0.39 is 17.9 Å². The SMILES string of the molecule is Cc1cc(C)n(-c2ccc(NC(=O)C[C@H]3NC(=O)c4ccccc4NC3=O)cc2)n1. The van der Waals surface area contributed by atoms with Crippen molar-refractivity contribution in [3.63, 3.8) is 0 Å². The molecule has 1 atom stereocenters. The highest BCUT2D eigenvalue weighted by Crippen LogP contribution is 2.20. The van der Waals surface area contributed by atoms with Crippen molar-refractivity contribution in [1.29, 1.82) is 0 Å². The number of hydrogen-bond acceptors (Lipinski definition) is 4. The fourth-order valence-electron chi connectivity index (χ4n) is 3.43. The average molecular weight is 403 g/mol. The number of rotatable bonds is 4. The Morgan fingerprint density at radius 3 is 2.53 bits per heavy atom. The predicted molar refractivity (Wildman–Crippen MR) is 113 cm³/mol. The standard InChI is InChI=1S/C22H21N5O3/c1-13-11-14(2)27(26-13)16-9-7-15(8-10-16)23-20(28)12-19-22(30)24-18-6-4-3-5-17(18)21(29)25-19/h3-11,19H,12H2,1-2H3,(H,23,28)(H,24,30)(H,25,29)/t19-/m1/s1. The summed E-state index contributed by atoms with van der Waals surface area (Å²) in [7, 11) is 0. The summed E-state index contributed by atoms with van der Waals surface area (Å²) < 4.78 is 1.82. The van der Waals surface area contributed by atoms with E-state index in [1.165, 1.54) is 0 Å². The Bertz CT molecular complexity index is 1130. The van der Waals surface area contributed by atoms with Gasteiger partial charge in [0.1, 0.15) is 6.04 Å². The van der Waals surface area contributed by atoms with Crippen molar-refractivity contribution in [2.45, 2.75) is 26.3 Å². The summed E-state index contributed by atoms with van der Waals surface area (Å²) in [6.07, 6.45) is -0.176. The first kappa shape index (κ1) is 19.4. The monoisotopic (exact) mass is 403 g/mol. The molecule has 8 heteroatoms. The first-order chi connectivity index (χ1) is 14.4. The quantitative estimate of drug-likeness (QED) is 0.623. The van der Waals surface area contributed by atoms with E-state index in [1.807, 2.05) is 36.7 Å². The smallest absolute Gasteiger partial charge is 0.254 e. The van der Waals surface area contributed by atoms with Gasteiger partial charge in [0.15, 0.2) is 0 Å². The van der Waals surface area contributed by atoms with Crippen molar-refractivity contribution >= 4 is 29.1 Å². The molecule has 3 N–H and O–H groups in total. The van der Waals surface area contributed by atoms with Crippen molar-refractivity contribution in [3.05, 3.63) is 71.5 Å². The molecule has 3 amide bonds. The Balaban J connectivity index is 1.42. The molecule has 8 nitrogen and oxygen atoms in total. The van der Waals surface area contributed by atoms with Gasteiger partial charge in [-0.15, -0.1) is 0 Å². The molecule has 4 rings (SSSR count). The molecule has 0 fully saturated rings. The highest BCUT2D eigenvalue weighted by atomic mass is 16.2. The van der Waals surface area contributed by atoms with Crippen LogP contribution in [0.15, 0.2) is 54.6 Å². The van der Waals surface area contributed by atoms with E-state index in [4.69, 9.17) is 0 Å². The summed E-state index contributed by atoms with van der Waals surface area (Å²) in [5.41, 5.74) is 4.22. The van der Waals surface area contributed by atoms with Gasteiger partial charge in [0.2, 0.25) is 11.8 Å². The molecule has 0 unspecified atom stereocenters. The molecular weight excluding hydrogens is 382 g/mol. The topological polar surface area (TPSA) is 105 Å². The zero-order valence-electron chi connectivity index (χ0n) is 16.6. The normalized spacial score (nSPS) is 15.6. The van der Waals surface area contributed by atoms with Crippen molar-refractivity contribution in [3.8, 4) is 5.69 Å². The maximum atomic E-state index is 12.5. The molecule has 0 spiro atoms. The number of nitrogens with zero attached hydrogens (tertiary/aromatic N) is 2. The molecule has 0 aliphatic carbocycles. The molecule has 1 aliphatic heterocycles. The maximum Gasteiger partial charge on any atom is 0.254 e. The van der Waals surface area contributed by atoms with Crippen LogP contribution in [0.2, 0.25) is 0 Å². The third-order valence-electron chi connectivity index (χ3n) is 4.85. The van der Waals surface area contributed by atoms with Crippen molar-refractivity contribution in [2.24, 2.45) is 0 Å². The summed E-state index contributed by atoms with van der Waals surface area (Å²) in [5, 5.41) is 12.5. The summed E-state index contributed by atoms with van der Waals surface area (Å²) in [6, 6.07) is 15.0. The van der Waals surface area contributed by atoms with E-state index in [0.29, 0.717) is 16.9 Å². The lowest BCUT2D eigenvalue weighted by Crippen LogP contribution is -2.43. The number of carbonyl (C=O) groups excluding carboxylic acids is 3. The largest absolute Gasteiger partial charge is 0.340 e. The van der Waals surface area contributed by atoms with E-state index in [1.54, 1.807) is 36.4 Å². The van der Waals surface area contributed by atoms with Crippen molar-refractivity contribution in [2.75, 3.05) is 10.6 Å². The Hall–Kier alpha value is -3.94. The number of para-hydroxylation sites is 1. The second-order valence-electron chi connectivity index (χ2n) is 7.20. The molecule has 0 saturated carbocycles. The van der Waals surface area contributed by atoms with Crippen LogP contribution in [0.1, 0.15) is 28.2 Å². The minimum absolute atomic E-state index is 0.176. The second kappa shape index (κ2) is 7.82. The molecule has 3 aromatic rings. The summed E-state index contributed by atoms with van der Waals surface area (Å²) >= 11 is 0. The minimum Gasteiger partial charge on any atom is -0.340 e. The van der Waals surface area contributed by atoms with Crippen molar-refractivity contribution < 1.29 is 14.4 Å². The van der Waals surface area contributed by atoms with Crippen LogP contribution in [0.25, 0.3) is 5.69 Å². The van der Waals surface area contributed by atoms with Gasteiger partial charge in [-0.1, -0.05) is 12.1 Å². The highest BCUT2D eigenvalue weighted by Gasteiger charge is 2.29. The third kappa shape index (κ3) is 3.93. The Morgan fingerprint density at radius 1 is 1.10 bits per heavy atom. The second-order valence-corrected chi connectivity index (χ2v) is 7.20. The Morgan fingerprint density at radius 2 is 1.83 bits per heavy atom. The average Bonchev–Trinajstić information content (AvgIpc) is 3.00. The minimum atomic E-state index is -0.959. The number of aryl methyl sites for hydroxylation is 2. The van der Waals surface area contributed by atoms with Crippen molar-refractivity contribution in [1.82, 2.24) is 15.1 Å². The number of hydrogen-bond donors (Lipinski definition) is 3. The van der Waals surface area contributed by atoms with Gasteiger partial charge in [0.05, 0.1) is 29.1 Å². The van der Waals surface area contributed by atoms with Crippen LogP contribution in [-0.2, 0) is 9.59 Å². The van der Waals surface area contributed by atoms with Gasteiger partial charge >= 0.3 is 0 Å². The van der Waals surface area contributed by atoms with E-state index in [9.17, 15) is 14.4 Å². The zero-order chi connectivity index (χ0) is 21.3. The van der Waals surface area contributed by atoms with Crippen LogP contribution in [0.5, 0.6) is 0 Å². The molecule has 2 aromatic carbocycles. The highest BCUT2D eigenvalue weighted by molar-refractivity contribution is 6.11. The van der Waals surface area contributed by atoms with Crippen LogP contribution < -0.4 is 16.0 Å². The van der Waals surface area contributed by atoms with E-state index in [0.717, 1.165) is 17.1 Å². The summed E-state index contributed by atoms with van der Waals surface area (Å²) in [5.74, 6) is -1.19. The van der Waals surface area contributed by atoms with E-state index in [-0.39, 0.29) is 12.3 Å². The van der Waals surface area contributed by atoms with Crippen LogP contribution in [0.3, 0.4) is 0 Å². The number of anilines is 2. The third-order valence-corrected chi connectivity index (χ3v) is 4.85. The molecule has 0 saturated heterocycles. The number of aromatic nitrogens is 2.